The molecule has 0 fully saturated rings. The van der Waals surface area contributed by atoms with Crippen LogP contribution >= 0.6 is 0 Å². The van der Waals surface area contributed by atoms with E-state index in [2.05, 4.69) is 12.2 Å². The van der Waals surface area contributed by atoms with Gasteiger partial charge in [-0.2, -0.15) is 13.2 Å². The molecule has 0 radical (unpaired) electrons. The Morgan fingerprint density at radius 2 is 1.79 bits per heavy atom. The van der Waals surface area contributed by atoms with Crippen molar-refractivity contribution in [2.24, 2.45) is 0 Å². The minimum Gasteiger partial charge on any atom is -0.490 e. The van der Waals surface area contributed by atoms with Crippen molar-refractivity contribution in [3.8, 4) is 5.75 Å². The van der Waals surface area contributed by atoms with Gasteiger partial charge in [0.2, 0.25) is 0 Å². The molecule has 1 rings (SSSR count). The molecule has 1 atom stereocenters. The van der Waals surface area contributed by atoms with Gasteiger partial charge in [0, 0.05) is 0 Å². The third kappa shape index (κ3) is 5.51. The van der Waals surface area contributed by atoms with E-state index in [9.17, 15) is 13.2 Å². The van der Waals surface area contributed by atoms with E-state index in [1.807, 2.05) is 7.05 Å². The number of hydrogen-bond acceptors (Lipinski definition) is 2. The quantitative estimate of drug-likeness (QED) is 0.815. The molecule has 0 aliphatic heterocycles. The van der Waals surface area contributed by atoms with Crippen LogP contribution in [0.15, 0.2) is 24.3 Å². The largest absolute Gasteiger partial charge is 0.490 e. The van der Waals surface area contributed by atoms with Crippen LogP contribution in [0.2, 0.25) is 0 Å². The molecule has 0 aliphatic rings. The second kappa shape index (κ2) is 7.38. The van der Waals surface area contributed by atoms with Crippen LogP contribution in [0, 0.1) is 0 Å². The summed E-state index contributed by atoms with van der Waals surface area (Å²) < 4.78 is 43.0. The van der Waals surface area contributed by atoms with E-state index in [0.29, 0.717) is 5.75 Å². The van der Waals surface area contributed by atoms with Gasteiger partial charge in [-0.25, -0.2) is 0 Å². The normalized spacial score (nSPS) is 13.3. The molecule has 1 aromatic rings. The summed E-state index contributed by atoms with van der Waals surface area (Å²) in [7, 11) is 1.86. The highest BCUT2D eigenvalue weighted by atomic mass is 19.4. The first-order chi connectivity index (χ1) is 8.97. The first-order valence-corrected chi connectivity index (χ1v) is 6.46. The molecule has 0 aromatic heterocycles. The van der Waals surface area contributed by atoms with Crippen LogP contribution in [0.3, 0.4) is 0 Å². The molecule has 0 heterocycles. The number of ether oxygens (including phenoxy) is 1. The lowest BCUT2D eigenvalue weighted by molar-refractivity contribution is -0.137. The summed E-state index contributed by atoms with van der Waals surface area (Å²) in [4.78, 5) is 0. The van der Waals surface area contributed by atoms with Crippen LogP contribution in [-0.2, 0) is 6.18 Å². The van der Waals surface area contributed by atoms with E-state index in [0.717, 1.165) is 37.9 Å². The number of nitrogens with one attached hydrogen (secondary N) is 1. The molecule has 0 saturated carbocycles. The molecule has 1 N–H and O–H groups in total. The van der Waals surface area contributed by atoms with Crippen molar-refractivity contribution in [1.82, 2.24) is 5.32 Å². The Morgan fingerprint density at radius 3 is 2.26 bits per heavy atom. The average molecular weight is 275 g/mol. The molecular weight excluding hydrogens is 255 g/mol. The second-order valence-corrected chi connectivity index (χ2v) is 4.44. The van der Waals surface area contributed by atoms with Crippen LogP contribution < -0.4 is 10.1 Å². The monoisotopic (exact) mass is 275 g/mol. The SMILES string of the molecule is CCC[C@H](CCNC)Oc1ccc(C(F)(F)F)cc1. The molecule has 5 heteroatoms. The molecule has 0 unspecified atom stereocenters. The number of hydrogen-bond donors (Lipinski definition) is 1. The van der Waals surface area contributed by atoms with Crippen molar-refractivity contribution in [2.45, 2.75) is 38.5 Å². The highest BCUT2D eigenvalue weighted by Crippen LogP contribution is 2.30. The lowest BCUT2D eigenvalue weighted by atomic mass is 10.1. The first kappa shape index (κ1) is 15.8. The summed E-state index contributed by atoms with van der Waals surface area (Å²) in [6, 6.07) is 4.86. The van der Waals surface area contributed by atoms with Gasteiger partial charge in [0.15, 0.2) is 0 Å². The van der Waals surface area contributed by atoms with Crippen LogP contribution in [-0.4, -0.2) is 19.7 Å². The summed E-state index contributed by atoms with van der Waals surface area (Å²) in [5.74, 6) is 0.488. The topological polar surface area (TPSA) is 21.3 Å². The van der Waals surface area contributed by atoms with Gasteiger partial charge in [-0.1, -0.05) is 13.3 Å². The van der Waals surface area contributed by atoms with E-state index in [-0.39, 0.29) is 6.10 Å². The first-order valence-electron chi connectivity index (χ1n) is 6.46. The fourth-order valence-electron chi connectivity index (χ4n) is 1.80. The summed E-state index contributed by atoms with van der Waals surface area (Å²) in [6.07, 6.45) is -1.55. The summed E-state index contributed by atoms with van der Waals surface area (Å²) in [5.41, 5.74) is -0.651. The third-order valence-corrected chi connectivity index (χ3v) is 2.81. The molecule has 0 bridgehead atoms. The zero-order valence-electron chi connectivity index (χ0n) is 11.3. The third-order valence-electron chi connectivity index (χ3n) is 2.81. The number of rotatable bonds is 7. The fraction of sp³-hybridized carbons (Fsp3) is 0.571. The van der Waals surface area contributed by atoms with E-state index in [1.54, 1.807) is 0 Å². The molecule has 0 spiro atoms. The Hall–Kier alpha value is -1.23. The maximum atomic E-state index is 12.4. The molecule has 0 saturated heterocycles. The summed E-state index contributed by atoms with van der Waals surface area (Å²) >= 11 is 0. The van der Waals surface area contributed by atoms with E-state index >= 15 is 0 Å². The minimum atomic E-state index is -4.30. The van der Waals surface area contributed by atoms with Crippen LogP contribution in [0.4, 0.5) is 13.2 Å². The van der Waals surface area contributed by atoms with Gasteiger partial charge >= 0.3 is 6.18 Å². The maximum Gasteiger partial charge on any atom is 0.416 e. The standard InChI is InChI=1S/C14H20F3NO/c1-3-4-12(9-10-18-2)19-13-7-5-11(6-8-13)14(15,16)17/h5-8,12,18H,3-4,9-10H2,1-2H3/t12-/m1/s1. The Kier molecular flexibility index (Phi) is 6.15. The van der Waals surface area contributed by atoms with Crippen molar-refractivity contribution >= 4 is 0 Å². The van der Waals surface area contributed by atoms with E-state index < -0.39 is 11.7 Å². The molecule has 19 heavy (non-hydrogen) atoms. The van der Waals surface area contributed by atoms with Crippen LogP contribution in [0.1, 0.15) is 31.7 Å². The fourth-order valence-corrected chi connectivity index (χ4v) is 1.80. The lowest BCUT2D eigenvalue weighted by Crippen LogP contribution is -2.22. The van der Waals surface area contributed by atoms with Crippen LogP contribution in [0.25, 0.3) is 0 Å². The Balaban J connectivity index is 2.64. The predicted molar refractivity (Wildman–Crippen MR) is 69.3 cm³/mol. The van der Waals surface area contributed by atoms with Crippen molar-refractivity contribution < 1.29 is 17.9 Å². The van der Waals surface area contributed by atoms with Gasteiger partial charge in [0.1, 0.15) is 5.75 Å². The van der Waals surface area contributed by atoms with Crippen LogP contribution in [0.5, 0.6) is 5.75 Å². The Labute approximate surface area is 112 Å². The van der Waals surface area contributed by atoms with Crippen molar-refractivity contribution in [3.63, 3.8) is 0 Å². The van der Waals surface area contributed by atoms with Gasteiger partial charge in [0.25, 0.3) is 0 Å². The highest BCUT2D eigenvalue weighted by Gasteiger charge is 2.30. The van der Waals surface area contributed by atoms with Crippen molar-refractivity contribution in [1.29, 1.82) is 0 Å². The van der Waals surface area contributed by atoms with E-state index in [4.69, 9.17) is 4.74 Å². The molecular formula is C14H20F3NO. The number of alkyl halides is 3. The average Bonchev–Trinajstić information content (AvgIpc) is 2.36. The smallest absolute Gasteiger partial charge is 0.416 e. The van der Waals surface area contributed by atoms with Gasteiger partial charge in [0.05, 0.1) is 11.7 Å². The zero-order chi connectivity index (χ0) is 14.3. The molecule has 1 aromatic carbocycles. The number of halogens is 3. The lowest BCUT2D eigenvalue weighted by Gasteiger charge is -2.19. The molecule has 0 amide bonds. The Bertz CT molecular complexity index is 362. The van der Waals surface area contributed by atoms with Crippen molar-refractivity contribution in [2.75, 3.05) is 13.6 Å². The molecule has 2 nitrogen and oxygen atoms in total. The molecule has 0 aliphatic carbocycles. The number of benzene rings is 1. The van der Waals surface area contributed by atoms with Gasteiger partial charge in [-0.05, 0) is 50.7 Å². The minimum absolute atomic E-state index is 0.0363. The maximum absolute atomic E-state index is 12.4. The second-order valence-electron chi connectivity index (χ2n) is 4.44. The zero-order valence-corrected chi connectivity index (χ0v) is 11.3. The van der Waals surface area contributed by atoms with E-state index in [1.165, 1.54) is 12.1 Å². The summed E-state index contributed by atoms with van der Waals surface area (Å²) in [5, 5.41) is 3.04. The Morgan fingerprint density at radius 1 is 1.16 bits per heavy atom. The van der Waals surface area contributed by atoms with Gasteiger partial charge in [-0.3, -0.25) is 0 Å². The molecule has 108 valence electrons. The van der Waals surface area contributed by atoms with Gasteiger partial charge in [-0.15, -0.1) is 0 Å². The van der Waals surface area contributed by atoms with Crippen molar-refractivity contribution in [3.05, 3.63) is 29.8 Å². The highest BCUT2D eigenvalue weighted by molar-refractivity contribution is 5.29. The summed E-state index contributed by atoms with van der Waals surface area (Å²) in [6.45, 7) is 2.88. The van der Waals surface area contributed by atoms with Gasteiger partial charge < -0.3 is 10.1 Å². The predicted octanol–water partition coefficient (Wildman–Crippen LogP) is 3.86.